The first kappa shape index (κ1) is 12.4. The predicted octanol–water partition coefficient (Wildman–Crippen LogP) is 3.28. The van der Waals surface area contributed by atoms with Crippen LogP contribution in [0.4, 0.5) is 0 Å². The van der Waals surface area contributed by atoms with Crippen LogP contribution in [0.25, 0.3) is 0 Å². The van der Waals surface area contributed by atoms with E-state index in [2.05, 4.69) is 6.92 Å². The number of amides is 1. The number of piperidine rings is 1. The van der Waals surface area contributed by atoms with E-state index in [1.807, 2.05) is 29.2 Å². The van der Waals surface area contributed by atoms with E-state index in [0.717, 1.165) is 24.9 Å². The molecule has 3 heteroatoms. The van der Waals surface area contributed by atoms with E-state index in [0.29, 0.717) is 17.5 Å². The molecule has 0 saturated carbocycles. The minimum absolute atomic E-state index is 0.222. The standard InChI is InChI=1S/C14H18ClNO/c1-11-5-2-3-8-16(11)14(17)10-12-6-4-7-13(15)9-12/h4,6-7,9,11H,2-3,5,8,10H2,1H3. The van der Waals surface area contributed by atoms with Gasteiger partial charge in [-0.2, -0.15) is 0 Å². The molecule has 1 heterocycles. The molecular weight excluding hydrogens is 234 g/mol. The Morgan fingerprint density at radius 2 is 2.29 bits per heavy atom. The molecule has 1 aliphatic heterocycles. The van der Waals surface area contributed by atoms with Crippen molar-refractivity contribution in [2.75, 3.05) is 6.54 Å². The van der Waals surface area contributed by atoms with Crippen molar-refractivity contribution in [3.05, 3.63) is 34.9 Å². The number of carbonyl (C=O) groups is 1. The summed E-state index contributed by atoms with van der Waals surface area (Å²) in [7, 11) is 0. The van der Waals surface area contributed by atoms with Gasteiger partial charge in [0.15, 0.2) is 0 Å². The number of benzene rings is 1. The van der Waals surface area contributed by atoms with Gasteiger partial charge in [0.1, 0.15) is 0 Å². The Kier molecular flexibility index (Phi) is 4.06. The van der Waals surface area contributed by atoms with Crippen molar-refractivity contribution >= 4 is 17.5 Å². The number of halogens is 1. The molecule has 0 N–H and O–H groups in total. The highest BCUT2D eigenvalue weighted by Gasteiger charge is 2.22. The lowest BCUT2D eigenvalue weighted by Crippen LogP contribution is -2.42. The van der Waals surface area contributed by atoms with Gasteiger partial charge in [-0.15, -0.1) is 0 Å². The number of carbonyl (C=O) groups excluding carboxylic acids is 1. The van der Waals surface area contributed by atoms with Crippen LogP contribution in [0.3, 0.4) is 0 Å². The smallest absolute Gasteiger partial charge is 0.227 e. The van der Waals surface area contributed by atoms with Gasteiger partial charge in [0.2, 0.25) is 5.91 Å². The van der Waals surface area contributed by atoms with Crippen LogP contribution in [0.2, 0.25) is 5.02 Å². The third-order valence-electron chi connectivity index (χ3n) is 3.37. The molecule has 0 bridgehead atoms. The average Bonchev–Trinajstić information content (AvgIpc) is 2.29. The molecule has 1 amide bonds. The summed E-state index contributed by atoms with van der Waals surface area (Å²) >= 11 is 5.92. The number of hydrogen-bond donors (Lipinski definition) is 0. The Balaban J connectivity index is 2.01. The SMILES string of the molecule is CC1CCCCN1C(=O)Cc1cccc(Cl)c1. The van der Waals surface area contributed by atoms with Gasteiger partial charge in [0.05, 0.1) is 6.42 Å². The van der Waals surface area contributed by atoms with Crippen LogP contribution in [-0.4, -0.2) is 23.4 Å². The average molecular weight is 252 g/mol. The Morgan fingerprint density at radius 1 is 1.47 bits per heavy atom. The molecule has 0 radical (unpaired) electrons. The second-order valence-electron chi connectivity index (χ2n) is 4.74. The highest BCUT2D eigenvalue weighted by Crippen LogP contribution is 2.18. The van der Waals surface area contributed by atoms with Gasteiger partial charge in [-0.3, -0.25) is 4.79 Å². The first-order chi connectivity index (χ1) is 8.16. The van der Waals surface area contributed by atoms with Crippen molar-refractivity contribution in [1.82, 2.24) is 4.90 Å². The van der Waals surface area contributed by atoms with E-state index >= 15 is 0 Å². The maximum absolute atomic E-state index is 12.2. The first-order valence-electron chi connectivity index (χ1n) is 6.21. The minimum atomic E-state index is 0.222. The second-order valence-corrected chi connectivity index (χ2v) is 5.18. The summed E-state index contributed by atoms with van der Waals surface area (Å²) in [4.78, 5) is 14.2. The molecule has 0 aliphatic carbocycles. The lowest BCUT2D eigenvalue weighted by molar-refractivity contribution is -0.133. The summed E-state index contributed by atoms with van der Waals surface area (Å²) in [6, 6.07) is 7.94. The van der Waals surface area contributed by atoms with Crippen molar-refractivity contribution < 1.29 is 4.79 Å². The fraction of sp³-hybridized carbons (Fsp3) is 0.500. The summed E-state index contributed by atoms with van der Waals surface area (Å²) in [5.41, 5.74) is 1.00. The van der Waals surface area contributed by atoms with Gasteiger partial charge in [-0.05, 0) is 43.9 Å². The molecule has 0 spiro atoms. The number of likely N-dealkylation sites (tertiary alicyclic amines) is 1. The van der Waals surface area contributed by atoms with E-state index < -0.39 is 0 Å². The molecule has 2 nitrogen and oxygen atoms in total. The van der Waals surface area contributed by atoms with Gasteiger partial charge >= 0.3 is 0 Å². The third-order valence-corrected chi connectivity index (χ3v) is 3.60. The van der Waals surface area contributed by atoms with Crippen LogP contribution in [0.1, 0.15) is 31.7 Å². The maximum atomic E-state index is 12.2. The van der Waals surface area contributed by atoms with Crippen molar-refractivity contribution in [3.8, 4) is 0 Å². The van der Waals surface area contributed by atoms with Crippen molar-refractivity contribution in [3.63, 3.8) is 0 Å². The summed E-state index contributed by atoms with van der Waals surface area (Å²) < 4.78 is 0. The molecule has 1 aromatic carbocycles. The van der Waals surface area contributed by atoms with Gasteiger partial charge in [0, 0.05) is 17.6 Å². The zero-order valence-electron chi connectivity index (χ0n) is 10.2. The van der Waals surface area contributed by atoms with Crippen LogP contribution in [0.15, 0.2) is 24.3 Å². The molecule has 1 aromatic rings. The molecule has 1 fully saturated rings. The van der Waals surface area contributed by atoms with E-state index in [1.54, 1.807) is 0 Å². The van der Waals surface area contributed by atoms with Crippen molar-refractivity contribution in [1.29, 1.82) is 0 Å². The van der Waals surface area contributed by atoms with Crippen molar-refractivity contribution in [2.45, 2.75) is 38.6 Å². The molecule has 1 atom stereocenters. The predicted molar refractivity (Wildman–Crippen MR) is 70.2 cm³/mol. The zero-order chi connectivity index (χ0) is 12.3. The van der Waals surface area contributed by atoms with E-state index in [4.69, 9.17) is 11.6 Å². The van der Waals surface area contributed by atoms with E-state index in [-0.39, 0.29) is 5.91 Å². The Morgan fingerprint density at radius 3 is 3.00 bits per heavy atom. The fourth-order valence-electron chi connectivity index (χ4n) is 2.39. The number of rotatable bonds is 2. The van der Waals surface area contributed by atoms with Crippen LogP contribution in [-0.2, 0) is 11.2 Å². The Hall–Kier alpha value is -1.02. The fourth-order valence-corrected chi connectivity index (χ4v) is 2.60. The number of hydrogen-bond acceptors (Lipinski definition) is 1. The van der Waals surface area contributed by atoms with E-state index in [9.17, 15) is 4.79 Å². The van der Waals surface area contributed by atoms with Crippen molar-refractivity contribution in [2.24, 2.45) is 0 Å². The molecule has 0 aromatic heterocycles. The van der Waals surface area contributed by atoms with Gasteiger partial charge in [-0.1, -0.05) is 23.7 Å². The molecule has 1 aliphatic rings. The van der Waals surface area contributed by atoms with E-state index in [1.165, 1.54) is 6.42 Å². The lowest BCUT2D eigenvalue weighted by Gasteiger charge is -2.33. The first-order valence-corrected chi connectivity index (χ1v) is 6.58. The molecule has 17 heavy (non-hydrogen) atoms. The van der Waals surface area contributed by atoms with Crippen LogP contribution >= 0.6 is 11.6 Å². The molecule has 1 saturated heterocycles. The molecule has 2 rings (SSSR count). The summed E-state index contributed by atoms with van der Waals surface area (Å²) in [5.74, 6) is 0.222. The van der Waals surface area contributed by atoms with Gasteiger partial charge in [-0.25, -0.2) is 0 Å². The van der Waals surface area contributed by atoms with Gasteiger partial charge in [0.25, 0.3) is 0 Å². The quantitative estimate of drug-likeness (QED) is 0.790. The topological polar surface area (TPSA) is 20.3 Å². The highest BCUT2D eigenvalue weighted by atomic mass is 35.5. The largest absolute Gasteiger partial charge is 0.340 e. The third kappa shape index (κ3) is 3.22. The monoisotopic (exact) mass is 251 g/mol. The van der Waals surface area contributed by atoms with Crippen LogP contribution in [0, 0.1) is 0 Å². The summed E-state index contributed by atoms with van der Waals surface area (Å²) in [6.07, 6.45) is 3.96. The summed E-state index contributed by atoms with van der Waals surface area (Å²) in [5, 5.41) is 0.696. The Bertz CT molecular complexity index is 405. The molecule has 92 valence electrons. The molecule has 1 unspecified atom stereocenters. The maximum Gasteiger partial charge on any atom is 0.227 e. The lowest BCUT2D eigenvalue weighted by atomic mass is 10.0. The second kappa shape index (κ2) is 5.54. The van der Waals surface area contributed by atoms with Gasteiger partial charge < -0.3 is 4.90 Å². The number of nitrogens with zero attached hydrogens (tertiary/aromatic N) is 1. The normalized spacial score (nSPS) is 20.4. The highest BCUT2D eigenvalue weighted by molar-refractivity contribution is 6.30. The summed E-state index contributed by atoms with van der Waals surface area (Å²) in [6.45, 7) is 3.04. The zero-order valence-corrected chi connectivity index (χ0v) is 10.9. The minimum Gasteiger partial charge on any atom is -0.340 e. The molecular formula is C14H18ClNO. The van der Waals surface area contributed by atoms with Crippen LogP contribution in [0.5, 0.6) is 0 Å². The Labute approximate surface area is 108 Å². The van der Waals surface area contributed by atoms with Crippen LogP contribution < -0.4 is 0 Å².